The standard InChI is InChI=1S/C9H14N2O5S2/c1-2-7(12)11-6(9(15)16)4-18-17-3-5(10)8(13)14/h2,5-6H,1,3-4,10H2,(H,11,12)(H,13,14)(H,15,16)/t5?,6-/m0/s1. The highest BCUT2D eigenvalue weighted by Crippen LogP contribution is 2.22. The Hall–Kier alpha value is -1.19. The molecule has 0 saturated heterocycles. The van der Waals surface area contributed by atoms with E-state index < -0.39 is 29.9 Å². The van der Waals surface area contributed by atoms with Crippen molar-refractivity contribution in [1.29, 1.82) is 0 Å². The number of carboxylic acids is 2. The van der Waals surface area contributed by atoms with Gasteiger partial charge in [-0.15, -0.1) is 0 Å². The summed E-state index contributed by atoms with van der Waals surface area (Å²) in [7, 11) is 2.27. The van der Waals surface area contributed by atoms with Crippen LogP contribution in [0, 0.1) is 0 Å². The monoisotopic (exact) mass is 294 g/mol. The molecule has 2 atom stereocenters. The van der Waals surface area contributed by atoms with Crippen molar-refractivity contribution in [2.75, 3.05) is 11.5 Å². The molecule has 0 aromatic carbocycles. The number of carbonyl (C=O) groups is 3. The minimum absolute atomic E-state index is 0.103. The first-order valence-electron chi connectivity index (χ1n) is 4.77. The first-order valence-corrected chi connectivity index (χ1v) is 7.25. The number of hydrogen-bond donors (Lipinski definition) is 4. The molecule has 0 aromatic heterocycles. The molecule has 0 fully saturated rings. The maximum atomic E-state index is 11.0. The molecule has 18 heavy (non-hydrogen) atoms. The Morgan fingerprint density at radius 3 is 2.22 bits per heavy atom. The van der Waals surface area contributed by atoms with E-state index in [2.05, 4.69) is 11.9 Å². The minimum atomic E-state index is -1.17. The van der Waals surface area contributed by atoms with Gasteiger partial charge in [0.2, 0.25) is 5.91 Å². The van der Waals surface area contributed by atoms with E-state index in [1.54, 1.807) is 0 Å². The fraction of sp³-hybridized carbons (Fsp3) is 0.444. The summed E-state index contributed by atoms with van der Waals surface area (Å²) in [5.74, 6) is -2.60. The second kappa shape index (κ2) is 8.84. The summed E-state index contributed by atoms with van der Waals surface area (Å²) in [5.41, 5.74) is 5.26. The van der Waals surface area contributed by atoms with E-state index in [1.807, 2.05) is 0 Å². The van der Waals surface area contributed by atoms with Crippen LogP contribution in [0.2, 0.25) is 0 Å². The van der Waals surface area contributed by atoms with E-state index in [0.717, 1.165) is 27.7 Å². The van der Waals surface area contributed by atoms with E-state index in [-0.39, 0.29) is 11.5 Å². The summed E-state index contributed by atoms with van der Waals surface area (Å²) < 4.78 is 0. The molecule has 0 heterocycles. The van der Waals surface area contributed by atoms with Crippen molar-refractivity contribution >= 4 is 39.4 Å². The molecule has 0 aromatic rings. The van der Waals surface area contributed by atoms with E-state index in [9.17, 15) is 14.4 Å². The number of amides is 1. The molecule has 5 N–H and O–H groups in total. The van der Waals surface area contributed by atoms with Gasteiger partial charge < -0.3 is 21.3 Å². The van der Waals surface area contributed by atoms with Crippen molar-refractivity contribution in [3.63, 3.8) is 0 Å². The molecule has 7 nitrogen and oxygen atoms in total. The van der Waals surface area contributed by atoms with Gasteiger partial charge in [-0.3, -0.25) is 9.59 Å². The molecular weight excluding hydrogens is 280 g/mol. The van der Waals surface area contributed by atoms with Crippen LogP contribution in [0.25, 0.3) is 0 Å². The van der Waals surface area contributed by atoms with Crippen molar-refractivity contribution in [2.45, 2.75) is 12.1 Å². The quantitative estimate of drug-likeness (QED) is 0.255. The van der Waals surface area contributed by atoms with Crippen molar-refractivity contribution in [1.82, 2.24) is 5.32 Å². The van der Waals surface area contributed by atoms with Gasteiger partial charge in [-0.1, -0.05) is 28.2 Å². The molecule has 0 radical (unpaired) electrons. The molecule has 0 aliphatic rings. The second-order valence-electron chi connectivity index (χ2n) is 3.12. The van der Waals surface area contributed by atoms with Crippen molar-refractivity contribution < 1.29 is 24.6 Å². The molecular formula is C9H14N2O5S2. The summed E-state index contributed by atoms with van der Waals surface area (Å²) in [4.78, 5) is 32.2. The fourth-order valence-electron chi connectivity index (χ4n) is 0.714. The molecule has 0 bridgehead atoms. The Labute approximate surface area is 112 Å². The number of rotatable bonds is 9. The van der Waals surface area contributed by atoms with Crippen LogP contribution in [-0.2, 0) is 14.4 Å². The topological polar surface area (TPSA) is 130 Å². The first kappa shape index (κ1) is 16.8. The third kappa shape index (κ3) is 7.20. The number of hydrogen-bond acceptors (Lipinski definition) is 6. The predicted molar refractivity (Wildman–Crippen MR) is 70.3 cm³/mol. The number of aliphatic carboxylic acids is 2. The smallest absolute Gasteiger partial charge is 0.327 e. The summed E-state index contributed by atoms with van der Waals surface area (Å²) in [6, 6.07) is -2.04. The molecule has 0 spiro atoms. The lowest BCUT2D eigenvalue weighted by Gasteiger charge is -2.12. The number of carbonyl (C=O) groups excluding carboxylic acids is 1. The largest absolute Gasteiger partial charge is 0.480 e. The average molecular weight is 294 g/mol. The maximum absolute atomic E-state index is 11.0. The number of nitrogens with one attached hydrogen (secondary N) is 1. The average Bonchev–Trinajstić information content (AvgIpc) is 2.31. The molecule has 0 aliphatic heterocycles. The number of carboxylic acid groups (broad SMARTS) is 2. The molecule has 0 aliphatic carbocycles. The summed E-state index contributed by atoms with van der Waals surface area (Å²) in [5, 5.41) is 19.6. The van der Waals surface area contributed by atoms with Gasteiger partial charge in [0.15, 0.2) is 0 Å². The van der Waals surface area contributed by atoms with Crippen LogP contribution < -0.4 is 11.1 Å². The van der Waals surface area contributed by atoms with E-state index in [0.29, 0.717) is 0 Å². The van der Waals surface area contributed by atoms with E-state index in [1.165, 1.54) is 0 Å². The van der Waals surface area contributed by atoms with Crippen LogP contribution in [0.15, 0.2) is 12.7 Å². The number of nitrogens with two attached hydrogens (primary N) is 1. The Balaban J connectivity index is 3.98. The van der Waals surface area contributed by atoms with Crippen LogP contribution in [0.5, 0.6) is 0 Å². The molecule has 0 saturated carbocycles. The Bertz CT molecular complexity index is 337. The third-order valence-corrected chi connectivity index (χ3v) is 4.13. The van der Waals surface area contributed by atoms with Crippen LogP contribution in [0.3, 0.4) is 0 Å². The molecule has 0 rings (SSSR count). The molecule has 1 unspecified atom stereocenters. The maximum Gasteiger partial charge on any atom is 0.327 e. The second-order valence-corrected chi connectivity index (χ2v) is 5.67. The predicted octanol–water partition coefficient (Wildman–Crippen LogP) is -0.465. The lowest BCUT2D eigenvalue weighted by Crippen LogP contribution is -2.41. The van der Waals surface area contributed by atoms with Gasteiger partial charge in [0.1, 0.15) is 12.1 Å². The van der Waals surface area contributed by atoms with Gasteiger partial charge in [-0.2, -0.15) is 0 Å². The van der Waals surface area contributed by atoms with Gasteiger partial charge in [0, 0.05) is 11.5 Å². The zero-order valence-corrected chi connectivity index (χ0v) is 11.0. The molecule has 9 heteroatoms. The normalized spacial score (nSPS) is 13.4. The van der Waals surface area contributed by atoms with Gasteiger partial charge in [-0.05, 0) is 6.08 Å². The Morgan fingerprint density at radius 1 is 1.22 bits per heavy atom. The fourth-order valence-corrected chi connectivity index (χ4v) is 2.98. The van der Waals surface area contributed by atoms with Crippen molar-refractivity contribution in [3.05, 3.63) is 12.7 Å². The Kier molecular flexibility index (Phi) is 8.25. The van der Waals surface area contributed by atoms with Crippen LogP contribution >= 0.6 is 21.6 Å². The summed E-state index contributed by atoms with van der Waals surface area (Å²) in [6.45, 7) is 3.21. The highest BCUT2D eigenvalue weighted by atomic mass is 33.1. The van der Waals surface area contributed by atoms with Gasteiger partial charge >= 0.3 is 11.9 Å². The van der Waals surface area contributed by atoms with Crippen molar-refractivity contribution in [2.24, 2.45) is 5.73 Å². The van der Waals surface area contributed by atoms with Gasteiger partial charge in [0.25, 0.3) is 0 Å². The highest BCUT2D eigenvalue weighted by molar-refractivity contribution is 8.76. The van der Waals surface area contributed by atoms with E-state index >= 15 is 0 Å². The van der Waals surface area contributed by atoms with Crippen LogP contribution in [0.1, 0.15) is 0 Å². The lowest BCUT2D eigenvalue weighted by atomic mass is 10.3. The Morgan fingerprint density at radius 2 is 1.78 bits per heavy atom. The van der Waals surface area contributed by atoms with Crippen LogP contribution in [0.4, 0.5) is 0 Å². The molecule has 1 amide bonds. The SMILES string of the molecule is C=CC(=O)N[C@@H](CSSCC(N)C(=O)O)C(=O)O. The van der Waals surface area contributed by atoms with Gasteiger partial charge in [0.05, 0.1) is 0 Å². The van der Waals surface area contributed by atoms with Crippen molar-refractivity contribution in [3.8, 4) is 0 Å². The first-order chi connectivity index (χ1) is 8.38. The third-order valence-electron chi connectivity index (χ3n) is 1.68. The minimum Gasteiger partial charge on any atom is -0.480 e. The zero-order valence-electron chi connectivity index (χ0n) is 9.37. The lowest BCUT2D eigenvalue weighted by molar-refractivity contribution is -0.140. The summed E-state index contributed by atoms with van der Waals surface area (Å²) >= 11 is 0. The van der Waals surface area contributed by atoms with E-state index in [4.69, 9.17) is 15.9 Å². The zero-order chi connectivity index (χ0) is 14.1. The highest BCUT2D eigenvalue weighted by Gasteiger charge is 2.19. The van der Waals surface area contributed by atoms with Crippen LogP contribution in [-0.4, -0.2) is 51.6 Å². The van der Waals surface area contributed by atoms with Gasteiger partial charge in [-0.25, -0.2) is 4.79 Å². The molecule has 102 valence electrons. The summed E-state index contributed by atoms with van der Waals surface area (Å²) in [6.07, 6.45) is 0.980.